The van der Waals surface area contributed by atoms with Gasteiger partial charge < -0.3 is 5.32 Å². The van der Waals surface area contributed by atoms with Crippen molar-refractivity contribution >= 4 is 40.5 Å². The van der Waals surface area contributed by atoms with Gasteiger partial charge in [0, 0.05) is 13.0 Å². The average molecular weight is 263 g/mol. The molecule has 5 nitrogen and oxygen atoms in total. The zero-order valence-electron chi connectivity index (χ0n) is 8.51. The van der Waals surface area contributed by atoms with Crippen LogP contribution in [0.4, 0.5) is 11.4 Å². The summed E-state index contributed by atoms with van der Waals surface area (Å²) in [6.07, 6.45) is 0. The van der Waals surface area contributed by atoms with E-state index in [1.54, 1.807) is 6.92 Å². The van der Waals surface area contributed by atoms with Gasteiger partial charge in [-0.3, -0.25) is 14.9 Å². The Kier molecular flexibility index (Phi) is 3.72. The molecule has 1 amide bonds. The largest absolute Gasteiger partial charge is 0.325 e. The molecule has 0 heterocycles. The van der Waals surface area contributed by atoms with Gasteiger partial charge in [0.1, 0.15) is 5.02 Å². The number of carbonyl (C=O) groups is 1. The molecule has 0 unspecified atom stereocenters. The Morgan fingerprint density at radius 1 is 1.44 bits per heavy atom. The van der Waals surface area contributed by atoms with Crippen molar-refractivity contribution < 1.29 is 9.72 Å². The highest BCUT2D eigenvalue weighted by Gasteiger charge is 2.21. The van der Waals surface area contributed by atoms with Gasteiger partial charge in [-0.1, -0.05) is 23.2 Å². The minimum absolute atomic E-state index is 0.0245. The first kappa shape index (κ1) is 12.7. The number of nitrogens with one attached hydrogen (secondary N) is 1. The Balaban J connectivity index is 3.39. The molecule has 1 aromatic rings. The van der Waals surface area contributed by atoms with Gasteiger partial charge in [-0.25, -0.2) is 0 Å². The van der Waals surface area contributed by atoms with Gasteiger partial charge in [0.05, 0.1) is 15.6 Å². The maximum atomic E-state index is 10.9. The van der Waals surface area contributed by atoms with Crippen LogP contribution in [0.3, 0.4) is 0 Å². The molecule has 0 aliphatic carbocycles. The van der Waals surface area contributed by atoms with Crippen LogP contribution in [0.25, 0.3) is 0 Å². The van der Waals surface area contributed by atoms with Crippen LogP contribution in [0, 0.1) is 17.0 Å². The minimum atomic E-state index is -0.626. The second-order valence-electron chi connectivity index (χ2n) is 3.15. The monoisotopic (exact) mass is 262 g/mol. The Hall–Kier alpha value is -1.33. The van der Waals surface area contributed by atoms with E-state index >= 15 is 0 Å². The lowest BCUT2D eigenvalue weighted by molar-refractivity contribution is -0.384. The van der Waals surface area contributed by atoms with Crippen molar-refractivity contribution in [2.45, 2.75) is 13.8 Å². The Morgan fingerprint density at radius 3 is 2.44 bits per heavy atom. The Bertz CT molecular complexity index is 474. The standard InChI is InChI=1S/C9H8Cl2N2O3/c1-4-3-6(13(15)16)7(10)8(11)9(4)12-5(2)14/h3H,1-2H3,(H,12,14). The molecule has 0 saturated carbocycles. The second-order valence-corrected chi connectivity index (χ2v) is 3.91. The lowest BCUT2D eigenvalue weighted by atomic mass is 10.1. The van der Waals surface area contributed by atoms with Gasteiger partial charge in [0.15, 0.2) is 0 Å². The fourth-order valence-corrected chi connectivity index (χ4v) is 1.71. The molecule has 0 bridgehead atoms. The Morgan fingerprint density at radius 2 is 2.00 bits per heavy atom. The number of benzene rings is 1. The van der Waals surface area contributed by atoms with Crippen molar-refractivity contribution in [1.29, 1.82) is 0 Å². The summed E-state index contributed by atoms with van der Waals surface area (Å²) >= 11 is 11.6. The van der Waals surface area contributed by atoms with Crippen molar-refractivity contribution in [3.8, 4) is 0 Å². The summed E-state index contributed by atoms with van der Waals surface area (Å²) in [6, 6.07) is 1.26. The lowest BCUT2D eigenvalue weighted by Crippen LogP contribution is -2.08. The first-order chi connectivity index (χ1) is 7.34. The maximum absolute atomic E-state index is 10.9. The predicted molar refractivity (Wildman–Crippen MR) is 62.2 cm³/mol. The summed E-state index contributed by atoms with van der Waals surface area (Å²) in [6.45, 7) is 2.91. The van der Waals surface area contributed by atoms with E-state index in [1.807, 2.05) is 0 Å². The number of anilines is 1. The van der Waals surface area contributed by atoms with Crippen LogP contribution in [-0.2, 0) is 4.79 Å². The molecule has 1 aromatic carbocycles. The van der Waals surface area contributed by atoms with E-state index in [2.05, 4.69) is 5.32 Å². The van der Waals surface area contributed by atoms with Gasteiger partial charge in [-0.2, -0.15) is 0 Å². The van der Waals surface area contributed by atoms with Crippen LogP contribution in [0.2, 0.25) is 10.0 Å². The van der Waals surface area contributed by atoms with Gasteiger partial charge in [-0.05, 0) is 12.5 Å². The predicted octanol–water partition coefficient (Wildman–Crippen LogP) is 3.17. The molecular formula is C9H8Cl2N2O3. The molecule has 0 aliphatic heterocycles. The number of aryl methyl sites for hydroxylation is 1. The van der Waals surface area contributed by atoms with E-state index in [9.17, 15) is 14.9 Å². The number of hydrogen-bond donors (Lipinski definition) is 1. The number of halogens is 2. The molecule has 0 radical (unpaired) electrons. The zero-order chi connectivity index (χ0) is 12.5. The van der Waals surface area contributed by atoms with Crippen LogP contribution in [-0.4, -0.2) is 10.8 Å². The molecule has 0 atom stereocenters. The second kappa shape index (κ2) is 4.67. The maximum Gasteiger partial charge on any atom is 0.289 e. The van der Waals surface area contributed by atoms with Crippen LogP contribution in [0.15, 0.2) is 6.07 Å². The number of nitro benzene ring substituents is 1. The van der Waals surface area contributed by atoms with Crippen LogP contribution >= 0.6 is 23.2 Å². The molecule has 86 valence electrons. The van der Waals surface area contributed by atoms with Crippen molar-refractivity contribution in [3.63, 3.8) is 0 Å². The van der Waals surface area contributed by atoms with E-state index in [0.717, 1.165) is 0 Å². The van der Waals surface area contributed by atoms with E-state index in [0.29, 0.717) is 11.3 Å². The summed E-state index contributed by atoms with van der Waals surface area (Å²) in [5.74, 6) is -0.324. The molecule has 0 aromatic heterocycles. The number of hydrogen-bond acceptors (Lipinski definition) is 3. The third kappa shape index (κ3) is 2.43. The summed E-state index contributed by atoms with van der Waals surface area (Å²) in [5.41, 5.74) is 0.499. The molecule has 1 N–H and O–H groups in total. The molecule has 0 saturated heterocycles. The van der Waals surface area contributed by atoms with E-state index in [1.165, 1.54) is 13.0 Å². The first-order valence-corrected chi connectivity index (χ1v) is 5.00. The fourth-order valence-electron chi connectivity index (χ4n) is 1.20. The van der Waals surface area contributed by atoms with Gasteiger partial charge in [0.2, 0.25) is 5.91 Å². The van der Waals surface area contributed by atoms with Gasteiger partial charge in [-0.15, -0.1) is 0 Å². The van der Waals surface area contributed by atoms with Crippen molar-refractivity contribution in [1.82, 2.24) is 0 Å². The number of rotatable bonds is 2. The van der Waals surface area contributed by atoms with Gasteiger partial charge in [0.25, 0.3) is 5.69 Å². The van der Waals surface area contributed by atoms with E-state index < -0.39 is 4.92 Å². The number of nitro groups is 1. The Labute approximate surface area is 101 Å². The van der Waals surface area contributed by atoms with E-state index in [4.69, 9.17) is 23.2 Å². The summed E-state index contributed by atoms with van der Waals surface area (Å²) in [5, 5.41) is 12.9. The molecular weight excluding hydrogens is 255 g/mol. The third-order valence-electron chi connectivity index (χ3n) is 1.88. The van der Waals surface area contributed by atoms with Gasteiger partial charge >= 0.3 is 0 Å². The third-order valence-corrected chi connectivity index (χ3v) is 2.74. The van der Waals surface area contributed by atoms with Crippen molar-refractivity contribution in [2.24, 2.45) is 0 Å². The first-order valence-electron chi connectivity index (χ1n) is 4.25. The SMILES string of the molecule is CC(=O)Nc1c(C)cc([N+](=O)[O-])c(Cl)c1Cl. The topological polar surface area (TPSA) is 72.2 Å². The zero-order valence-corrected chi connectivity index (χ0v) is 10.0. The highest BCUT2D eigenvalue weighted by atomic mass is 35.5. The van der Waals surface area contributed by atoms with Crippen molar-refractivity contribution in [3.05, 3.63) is 31.8 Å². The van der Waals surface area contributed by atoms with Crippen LogP contribution < -0.4 is 5.32 Å². The number of nitrogens with zero attached hydrogens (tertiary/aromatic N) is 1. The van der Waals surface area contributed by atoms with E-state index in [-0.39, 0.29) is 21.6 Å². The summed E-state index contributed by atoms with van der Waals surface area (Å²) in [7, 11) is 0. The molecule has 0 fully saturated rings. The smallest absolute Gasteiger partial charge is 0.289 e. The quantitative estimate of drug-likeness (QED) is 0.657. The number of amides is 1. The molecule has 0 aliphatic rings. The lowest BCUT2D eigenvalue weighted by Gasteiger charge is -2.10. The molecule has 7 heteroatoms. The highest BCUT2D eigenvalue weighted by Crippen LogP contribution is 2.39. The number of carbonyl (C=O) groups excluding carboxylic acids is 1. The van der Waals surface area contributed by atoms with Crippen molar-refractivity contribution in [2.75, 3.05) is 5.32 Å². The van der Waals surface area contributed by atoms with Crippen LogP contribution in [0.1, 0.15) is 12.5 Å². The van der Waals surface area contributed by atoms with Crippen LogP contribution in [0.5, 0.6) is 0 Å². The molecule has 0 spiro atoms. The normalized spacial score (nSPS) is 10.0. The summed E-state index contributed by atoms with van der Waals surface area (Å²) in [4.78, 5) is 20.9. The minimum Gasteiger partial charge on any atom is -0.325 e. The molecule has 16 heavy (non-hydrogen) atoms. The fraction of sp³-hybridized carbons (Fsp3) is 0.222. The summed E-state index contributed by atoms with van der Waals surface area (Å²) < 4.78 is 0. The highest BCUT2D eigenvalue weighted by molar-refractivity contribution is 6.45. The molecule has 1 rings (SSSR count). The average Bonchev–Trinajstić information content (AvgIpc) is 2.17.